The van der Waals surface area contributed by atoms with Crippen molar-refractivity contribution in [3.8, 4) is 5.75 Å². The average Bonchev–Trinajstić information content (AvgIpc) is 2.61. The van der Waals surface area contributed by atoms with Gasteiger partial charge in [0.2, 0.25) is 0 Å². The maximum atomic E-state index is 12.5. The second kappa shape index (κ2) is 6.65. The lowest BCUT2D eigenvalue weighted by atomic mass is 9.99. The molecule has 0 radical (unpaired) electrons. The highest BCUT2D eigenvalue weighted by Gasteiger charge is 2.20. The number of hydrogen-bond acceptors (Lipinski definition) is 3. The molecule has 0 saturated heterocycles. The molecule has 118 valence electrons. The predicted molar refractivity (Wildman–Crippen MR) is 90.5 cm³/mol. The first-order valence-electron chi connectivity index (χ1n) is 7.74. The van der Waals surface area contributed by atoms with Crippen LogP contribution in [-0.4, -0.2) is 36.0 Å². The molecule has 1 aliphatic heterocycles. The van der Waals surface area contributed by atoms with Crippen molar-refractivity contribution < 1.29 is 9.53 Å². The number of aryl methyl sites for hydroxylation is 1. The minimum Gasteiger partial charge on any atom is -0.497 e. The summed E-state index contributed by atoms with van der Waals surface area (Å²) in [6, 6.07) is 13.6. The van der Waals surface area contributed by atoms with Gasteiger partial charge in [-0.3, -0.25) is 4.79 Å². The van der Waals surface area contributed by atoms with E-state index in [4.69, 9.17) is 4.74 Å². The standard InChI is InChI=1S/C19H20N2O2/c1-14-4-3-5-18(20-14)19(22)21-12-10-16(11-13-21)15-6-8-17(23-2)9-7-15/h3-10H,11-13H2,1-2H3. The SMILES string of the molecule is COc1ccc(C2=CCN(C(=O)c3cccc(C)n3)CC2)cc1. The van der Waals surface area contributed by atoms with Crippen molar-refractivity contribution in [1.82, 2.24) is 9.88 Å². The van der Waals surface area contributed by atoms with Crippen molar-refractivity contribution in [1.29, 1.82) is 0 Å². The average molecular weight is 308 g/mol. The first-order valence-corrected chi connectivity index (χ1v) is 7.74. The molecule has 0 aliphatic carbocycles. The van der Waals surface area contributed by atoms with Crippen molar-refractivity contribution >= 4 is 11.5 Å². The number of methoxy groups -OCH3 is 1. The molecule has 0 bridgehead atoms. The van der Waals surface area contributed by atoms with Gasteiger partial charge in [0.15, 0.2) is 0 Å². The predicted octanol–water partition coefficient (Wildman–Crippen LogP) is 3.33. The molecule has 23 heavy (non-hydrogen) atoms. The molecular formula is C19H20N2O2. The summed E-state index contributed by atoms with van der Waals surface area (Å²) in [6.45, 7) is 3.23. The third kappa shape index (κ3) is 3.42. The summed E-state index contributed by atoms with van der Waals surface area (Å²) in [4.78, 5) is 18.7. The number of nitrogens with zero attached hydrogens (tertiary/aromatic N) is 2. The van der Waals surface area contributed by atoms with Gasteiger partial charge in [-0.05, 0) is 48.7 Å². The fourth-order valence-corrected chi connectivity index (χ4v) is 2.75. The first kappa shape index (κ1) is 15.3. The van der Waals surface area contributed by atoms with Gasteiger partial charge in [0.1, 0.15) is 11.4 Å². The van der Waals surface area contributed by atoms with Crippen LogP contribution in [0.3, 0.4) is 0 Å². The van der Waals surface area contributed by atoms with E-state index >= 15 is 0 Å². The van der Waals surface area contributed by atoms with E-state index in [0.717, 1.165) is 17.9 Å². The number of pyridine rings is 1. The van der Waals surface area contributed by atoms with Crippen LogP contribution in [0.25, 0.3) is 5.57 Å². The number of carbonyl (C=O) groups excluding carboxylic acids is 1. The Kier molecular flexibility index (Phi) is 4.42. The van der Waals surface area contributed by atoms with Gasteiger partial charge in [0, 0.05) is 18.8 Å². The fraction of sp³-hybridized carbons (Fsp3) is 0.263. The summed E-state index contributed by atoms with van der Waals surface area (Å²) < 4.78 is 5.18. The first-order chi connectivity index (χ1) is 11.2. The summed E-state index contributed by atoms with van der Waals surface area (Å²) >= 11 is 0. The lowest BCUT2D eigenvalue weighted by Crippen LogP contribution is -2.35. The molecule has 2 heterocycles. The molecule has 4 heteroatoms. The Labute approximate surface area is 136 Å². The summed E-state index contributed by atoms with van der Waals surface area (Å²) in [5, 5.41) is 0. The van der Waals surface area contributed by atoms with Crippen molar-refractivity contribution in [3.05, 3.63) is 65.5 Å². The number of ether oxygens (including phenoxy) is 1. The maximum absolute atomic E-state index is 12.5. The van der Waals surface area contributed by atoms with Crippen molar-refractivity contribution in [3.63, 3.8) is 0 Å². The van der Waals surface area contributed by atoms with Crippen LogP contribution in [0.15, 0.2) is 48.5 Å². The van der Waals surface area contributed by atoms with Crippen molar-refractivity contribution in [2.45, 2.75) is 13.3 Å². The highest BCUT2D eigenvalue weighted by Crippen LogP contribution is 2.24. The third-order valence-electron chi connectivity index (χ3n) is 4.06. The maximum Gasteiger partial charge on any atom is 0.272 e. The monoisotopic (exact) mass is 308 g/mol. The van der Waals surface area contributed by atoms with E-state index in [1.165, 1.54) is 11.1 Å². The lowest BCUT2D eigenvalue weighted by molar-refractivity contribution is 0.0767. The second-order valence-corrected chi connectivity index (χ2v) is 5.62. The van der Waals surface area contributed by atoms with Crippen LogP contribution >= 0.6 is 0 Å². The Morgan fingerprint density at radius 1 is 1.17 bits per heavy atom. The summed E-state index contributed by atoms with van der Waals surface area (Å²) in [5.74, 6) is 0.853. The van der Waals surface area contributed by atoms with E-state index in [-0.39, 0.29) is 5.91 Å². The van der Waals surface area contributed by atoms with E-state index in [1.807, 2.05) is 36.1 Å². The van der Waals surface area contributed by atoms with Crippen LogP contribution in [-0.2, 0) is 0 Å². The lowest BCUT2D eigenvalue weighted by Gasteiger charge is -2.26. The van der Waals surface area contributed by atoms with Gasteiger partial charge >= 0.3 is 0 Å². The van der Waals surface area contributed by atoms with E-state index in [9.17, 15) is 4.79 Å². The highest BCUT2D eigenvalue weighted by molar-refractivity contribution is 5.93. The zero-order valence-corrected chi connectivity index (χ0v) is 13.5. The second-order valence-electron chi connectivity index (χ2n) is 5.62. The molecule has 1 aromatic carbocycles. The Balaban J connectivity index is 1.71. The molecule has 0 spiro atoms. The van der Waals surface area contributed by atoms with Gasteiger partial charge in [-0.1, -0.05) is 24.3 Å². The molecule has 3 rings (SSSR count). The van der Waals surface area contributed by atoms with E-state index in [1.54, 1.807) is 13.2 Å². The topological polar surface area (TPSA) is 42.4 Å². The van der Waals surface area contributed by atoms with E-state index in [0.29, 0.717) is 18.8 Å². The molecule has 0 saturated carbocycles. The molecule has 0 fully saturated rings. The molecule has 0 unspecified atom stereocenters. The smallest absolute Gasteiger partial charge is 0.272 e. The van der Waals surface area contributed by atoms with Crippen LogP contribution < -0.4 is 4.74 Å². The fourth-order valence-electron chi connectivity index (χ4n) is 2.75. The summed E-state index contributed by atoms with van der Waals surface area (Å²) in [5.41, 5.74) is 3.84. The largest absolute Gasteiger partial charge is 0.497 e. The number of benzene rings is 1. The van der Waals surface area contributed by atoms with E-state index < -0.39 is 0 Å². The van der Waals surface area contributed by atoms with Crippen LogP contribution in [0.1, 0.15) is 28.2 Å². The minimum absolute atomic E-state index is 0.00118. The number of carbonyl (C=O) groups is 1. The zero-order valence-electron chi connectivity index (χ0n) is 13.5. The molecule has 1 aliphatic rings. The molecule has 0 atom stereocenters. The van der Waals surface area contributed by atoms with Gasteiger partial charge in [-0.15, -0.1) is 0 Å². The molecular weight excluding hydrogens is 288 g/mol. The van der Waals surface area contributed by atoms with Gasteiger partial charge in [-0.25, -0.2) is 4.98 Å². The van der Waals surface area contributed by atoms with Crippen molar-refractivity contribution in [2.75, 3.05) is 20.2 Å². The molecule has 0 N–H and O–H groups in total. The van der Waals surface area contributed by atoms with Crippen LogP contribution in [0.4, 0.5) is 0 Å². The van der Waals surface area contributed by atoms with Gasteiger partial charge in [-0.2, -0.15) is 0 Å². The molecule has 1 aromatic heterocycles. The van der Waals surface area contributed by atoms with Crippen LogP contribution in [0.2, 0.25) is 0 Å². The van der Waals surface area contributed by atoms with Gasteiger partial charge in [0.05, 0.1) is 7.11 Å². The van der Waals surface area contributed by atoms with Crippen LogP contribution in [0.5, 0.6) is 5.75 Å². The number of aromatic nitrogens is 1. The van der Waals surface area contributed by atoms with Gasteiger partial charge in [0.25, 0.3) is 5.91 Å². The van der Waals surface area contributed by atoms with Crippen molar-refractivity contribution in [2.24, 2.45) is 0 Å². The number of rotatable bonds is 3. The van der Waals surface area contributed by atoms with E-state index in [2.05, 4.69) is 23.2 Å². The number of amides is 1. The normalized spacial score (nSPS) is 14.3. The third-order valence-corrected chi connectivity index (χ3v) is 4.06. The number of hydrogen-bond donors (Lipinski definition) is 0. The molecule has 2 aromatic rings. The Bertz CT molecular complexity index is 735. The van der Waals surface area contributed by atoms with Gasteiger partial charge < -0.3 is 9.64 Å². The highest BCUT2D eigenvalue weighted by atomic mass is 16.5. The Hall–Kier alpha value is -2.62. The Morgan fingerprint density at radius 3 is 2.57 bits per heavy atom. The minimum atomic E-state index is -0.00118. The quantitative estimate of drug-likeness (QED) is 0.873. The molecule has 1 amide bonds. The van der Waals surface area contributed by atoms with Crippen LogP contribution in [0, 0.1) is 6.92 Å². The molecule has 4 nitrogen and oxygen atoms in total. The Morgan fingerprint density at radius 2 is 1.96 bits per heavy atom. The summed E-state index contributed by atoms with van der Waals surface area (Å²) in [7, 11) is 1.66. The summed E-state index contributed by atoms with van der Waals surface area (Å²) in [6.07, 6.45) is 2.98. The zero-order chi connectivity index (χ0) is 16.2.